The van der Waals surface area contributed by atoms with Gasteiger partial charge in [-0.3, -0.25) is 0 Å². The minimum Gasteiger partial charge on any atom is -0.330 e. The lowest BCUT2D eigenvalue weighted by Crippen LogP contribution is -2.33. The summed E-state index contributed by atoms with van der Waals surface area (Å²) in [5.74, 6) is 0. The van der Waals surface area contributed by atoms with Crippen LogP contribution in [0.15, 0.2) is 24.3 Å². The van der Waals surface area contributed by atoms with Crippen molar-refractivity contribution >= 4 is 11.6 Å². The Labute approximate surface area is 116 Å². The van der Waals surface area contributed by atoms with Gasteiger partial charge in [0.05, 0.1) is 0 Å². The maximum Gasteiger partial charge on any atom is 0.0408 e. The summed E-state index contributed by atoms with van der Waals surface area (Å²) in [6.07, 6.45) is 10.4. The Kier molecular flexibility index (Phi) is 5.08. The highest BCUT2D eigenvalue weighted by atomic mass is 35.5. The molecule has 100 valence electrons. The lowest BCUT2D eigenvalue weighted by atomic mass is 9.72. The van der Waals surface area contributed by atoms with Gasteiger partial charge in [-0.15, -0.1) is 0 Å². The normalized spacial score (nSPS) is 20.1. The van der Waals surface area contributed by atoms with Crippen molar-refractivity contribution in [2.24, 2.45) is 11.1 Å². The topological polar surface area (TPSA) is 26.0 Å². The van der Waals surface area contributed by atoms with Gasteiger partial charge in [0.2, 0.25) is 0 Å². The third-order valence-electron chi connectivity index (χ3n) is 4.32. The fourth-order valence-corrected chi connectivity index (χ4v) is 3.40. The summed E-state index contributed by atoms with van der Waals surface area (Å²) in [4.78, 5) is 0. The monoisotopic (exact) mass is 265 g/mol. The van der Waals surface area contributed by atoms with E-state index in [1.165, 1.54) is 50.5 Å². The quantitative estimate of drug-likeness (QED) is 0.851. The molecule has 18 heavy (non-hydrogen) atoms. The Morgan fingerprint density at radius 2 is 1.72 bits per heavy atom. The van der Waals surface area contributed by atoms with Crippen molar-refractivity contribution in [3.8, 4) is 0 Å². The second-order valence-corrected chi connectivity index (χ2v) is 6.22. The molecule has 1 saturated carbocycles. The largest absolute Gasteiger partial charge is 0.330 e. The molecule has 0 heterocycles. The zero-order valence-electron chi connectivity index (χ0n) is 11.1. The molecule has 0 aromatic heterocycles. The Balaban J connectivity index is 2.10. The average Bonchev–Trinajstić information content (AvgIpc) is 2.33. The molecule has 0 atom stereocenters. The van der Waals surface area contributed by atoms with Crippen LogP contribution in [0.1, 0.15) is 50.5 Å². The zero-order valence-corrected chi connectivity index (χ0v) is 11.9. The first-order chi connectivity index (χ1) is 8.74. The minimum absolute atomic E-state index is 0.311. The second kappa shape index (κ2) is 6.58. The van der Waals surface area contributed by atoms with Crippen LogP contribution in [0.5, 0.6) is 0 Å². The summed E-state index contributed by atoms with van der Waals surface area (Å²) < 4.78 is 0. The SMILES string of the molecule is NCC1(Cc2cccc(Cl)c2)CCCCCCC1. The molecule has 0 unspecified atom stereocenters. The molecular weight excluding hydrogens is 242 g/mol. The van der Waals surface area contributed by atoms with Crippen LogP contribution in [0.3, 0.4) is 0 Å². The first kappa shape index (κ1) is 13.9. The van der Waals surface area contributed by atoms with Crippen LogP contribution in [0.4, 0.5) is 0 Å². The van der Waals surface area contributed by atoms with Crippen LogP contribution in [-0.4, -0.2) is 6.54 Å². The summed E-state index contributed by atoms with van der Waals surface area (Å²) in [5.41, 5.74) is 7.76. The molecule has 2 rings (SSSR count). The summed E-state index contributed by atoms with van der Waals surface area (Å²) in [7, 11) is 0. The van der Waals surface area contributed by atoms with E-state index in [4.69, 9.17) is 17.3 Å². The predicted molar refractivity (Wildman–Crippen MR) is 79.0 cm³/mol. The molecule has 0 spiro atoms. The molecule has 0 amide bonds. The van der Waals surface area contributed by atoms with Crippen LogP contribution in [-0.2, 0) is 6.42 Å². The first-order valence-corrected chi connectivity index (χ1v) is 7.56. The van der Waals surface area contributed by atoms with E-state index in [9.17, 15) is 0 Å². The fraction of sp³-hybridized carbons (Fsp3) is 0.625. The van der Waals surface area contributed by atoms with Crippen LogP contribution in [0, 0.1) is 5.41 Å². The molecule has 1 aliphatic carbocycles. The van der Waals surface area contributed by atoms with E-state index in [0.717, 1.165) is 18.0 Å². The maximum absolute atomic E-state index is 6.11. The van der Waals surface area contributed by atoms with Crippen LogP contribution in [0.25, 0.3) is 0 Å². The van der Waals surface area contributed by atoms with Gasteiger partial charge < -0.3 is 5.73 Å². The number of benzene rings is 1. The fourth-order valence-electron chi connectivity index (χ4n) is 3.19. The molecule has 1 aliphatic rings. The van der Waals surface area contributed by atoms with E-state index < -0.39 is 0 Å². The van der Waals surface area contributed by atoms with Gasteiger partial charge in [-0.05, 0) is 48.9 Å². The smallest absolute Gasteiger partial charge is 0.0408 e. The summed E-state index contributed by atoms with van der Waals surface area (Å²) in [6.45, 7) is 0.805. The lowest BCUT2D eigenvalue weighted by molar-refractivity contribution is 0.217. The van der Waals surface area contributed by atoms with Gasteiger partial charge in [-0.1, -0.05) is 55.8 Å². The Morgan fingerprint density at radius 3 is 2.33 bits per heavy atom. The van der Waals surface area contributed by atoms with Gasteiger partial charge in [0.1, 0.15) is 0 Å². The summed E-state index contributed by atoms with van der Waals surface area (Å²) in [5, 5.41) is 0.838. The van der Waals surface area contributed by atoms with Crippen LogP contribution in [0.2, 0.25) is 5.02 Å². The van der Waals surface area contributed by atoms with E-state index in [1.807, 2.05) is 12.1 Å². The molecule has 0 saturated heterocycles. The third kappa shape index (κ3) is 3.73. The first-order valence-electron chi connectivity index (χ1n) is 7.19. The van der Waals surface area contributed by atoms with E-state index in [2.05, 4.69) is 12.1 Å². The number of halogens is 1. The van der Waals surface area contributed by atoms with Gasteiger partial charge in [0.25, 0.3) is 0 Å². The average molecular weight is 266 g/mol. The Bertz CT molecular complexity index is 367. The minimum atomic E-state index is 0.311. The van der Waals surface area contributed by atoms with Crippen molar-refractivity contribution in [3.63, 3.8) is 0 Å². The third-order valence-corrected chi connectivity index (χ3v) is 4.55. The van der Waals surface area contributed by atoms with Crippen molar-refractivity contribution < 1.29 is 0 Å². The summed E-state index contributed by atoms with van der Waals surface area (Å²) >= 11 is 6.08. The number of rotatable bonds is 3. The number of hydrogen-bond donors (Lipinski definition) is 1. The van der Waals surface area contributed by atoms with Gasteiger partial charge in [0, 0.05) is 5.02 Å². The molecule has 1 nitrogen and oxygen atoms in total. The van der Waals surface area contributed by atoms with E-state index >= 15 is 0 Å². The van der Waals surface area contributed by atoms with Crippen molar-refractivity contribution in [1.82, 2.24) is 0 Å². The molecule has 0 radical (unpaired) electrons. The van der Waals surface area contributed by atoms with Gasteiger partial charge in [-0.25, -0.2) is 0 Å². The van der Waals surface area contributed by atoms with Crippen molar-refractivity contribution in [2.75, 3.05) is 6.54 Å². The molecule has 0 bridgehead atoms. The molecular formula is C16H24ClN. The Morgan fingerprint density at radius 1 is 1.06 bits per heavy atom. The highest BCUT2D eigenvalue weighted by Gasteiger charge is 2.28. The molecule has 1 fully saturated rings. The molecule has 2 N–H and O–H groups in total. The lowest BCUT2D eigenvalue weighted by Gasteiger charge is -2.34. The molecule has 2 heteroatoms. The molecule has 1 aromatic rings. The van der Waals surface area contributed by atoms with Crippen molar-refractivity contribution in [3.05, 3.63) is 34.9 Å². The predicted octanol–water partition coefficient (Wildman–Crippen LogP) is 4.57. The standard InChI is InChI=1S/C16H24ClN/c17-15-8-6-7-14(11-15)12-16(13-18)9-4-2-1-3-5-10-16/h6-8,11H,1-5,9-10,12-13,18H2. The highest BCUT2D eigenvalue weighted by molar-refractivity contribution is 6.30. The van der Waals surface area contributed by atoms with Crippen molar-refractivity contribution in [2.45, 2.75) is 51.4 Å². The second-order valence-electron chi connectivity index (χ2n) is 5.78. The van der Waals surface area contributed by atoms with E-state index in [1.54, 1.807) is 0 Å². The van der Waals surface area contributed by atoms with Gasteiger partial charge >= 0.3 is 0 Å². The highest BCUT2D eigenvalue weighted by Crippen LogP contribution is 2.36. The molecule has 1 aromatic carbocycles. The van der Waals surface area contributed by atoms with Gasteiger partial charge in [-0.2, -0.15) is 0 Å². The molecule has 0 aliphatic heterocycles. The van der Waals surface area contributed by atoms with Crippen LogP contribution >= 0.6 is 11.6 Å². The van der Waals surface area contributed by atoms with Crippen LogP contribution < -0.4 is 5.73 Å². The van der Waals surface area contributed by atoms with Crippen molar-refractivity contribution in [1.29, 1.82) is 0 Å². The van der Waals surface area contributed by atoms with Gasteiger partial charge in [0.15, 0.2) is 0 Å². The van der Waals surface area contributed by atoms with E-state index in [-0.39, 0.29) is 0 Å². The van der Waals surface area contributed by atoms with E-state index in [0.29, 0.717) is 5.41 Å². The number of hydrogen-bond acceptors (Lipinski definition) is 1. The number of nitrogens with two attached hydrogens (primary N) is 1. The Hall–Kier alpha value is -0.530. The maximum atomic E-state index is 6.11. The summed E-state index contributed by atoms with van der Waals surface area (Å²) in [6, 6.07) is 8.27. The zero-order chi connectivity index (χ0) is 12.8.